The summed E-state index contributed by atoms with van der Waals surface area (Å²) in [6.45, 7) is 0.779. The maximum absolute atomic E-state index is 6.17. The predicted molar refractivity (Wildman–Crippen MR) is 95.9 cm³/mol. The van der Waals surface area contributed by atoms with Crippen molar-refractivity contribution in [3.8, 4) is 0 Å². The van der Waals surface area contributed by atoms with E-state index in [0.29, 0.717) is 0 Å². The minimum absolute atomic E-state index is 0.779. The van der Waals surface area contributed by atoms with E-state index in [4.69, 9.17) is 11.6 Å². The van der Waals surface area contributed by atoms with Gasteiger partial charge in [0.2, 0.25) is 0 Å². The van der Waals surface area contributed by atoms with Crippen LogP contribution in [0.5, 0.6) is 0 Å². The van der Waals surface area contributed by atoms with Crippen molar-refractivity contribution >= 4 is 50.9 Å². The quantitative estimate of drug-likeness (QED) is 0.643. The van der Waals surface area contributed by atoms with E-state index in [1.807, 2.05) is 36.4 Å². The third-order valence-corrected chi connectivity index (χ3v) is 4.28. The average Bonchev–Trinajstić information content (AvgIpc) is 2.49. The van der Waals surface area contributed by atoms with Crippen LogP contribution in [0.3, 0.4) is 0 Å². The lowest BCUT2D eigenvalue weighted by Crippen LogP contribution is -2.07. The van der Waals surface area contributed by atoms with Crippen LogP contribution in [0.1, 0.15) is 5.56 Å². The molecule has 0 aliphatic rings. The van der Waals surface area contributed by atoms with Crippen molar-refractivity contribution in [3.63, 3.8) is 0 Å². The van der Waals surface area contributed by atoms with Crippen molar-refractivity contribution in [1.82, 2.24) is 9.97 Å². The van der Waals surface area contributed by atoms with Crippen LogP contribution >= 0.6 is 34.2 Å². The zero-order valence-corrected chi connectivity index (χ0v) is 14.1. The molecule has 0 spiro atoms. The van der Waals surface area contributed by atoms with Crippen molar-refractivity contribution in [1.29, 1.82) is 0 Å². The van der Waals surface area contributed by atoms with Crippen LogP contribution in [-0.2, 0) is 6.42 Å². The molecule has 0 saturated heterocycles. The molecule has 0 unspecified atom stereocenters. The van der Waals surface area contributed by atoms with E-state index in [1.54, 1.807) is 6.33 Å². The van der Waals surface area contributed by atoms with E-state index < -0.39 is 0 Å². The fraction of sp³-hybridized carbons (Fsp3) is 0.125. The molecule has 0 bridgehead atoms. The molecule has 21 heavy (non-hydrogen) atoms. The normalized spacial score (nSPS) is 10.8. The molecule has 2 aromatic carbocycles. The first-order valence-corrected chi connectivity index (χ1v) is 8.07. The lowest BCUT2D eigenvalue weighted by Gasteiger charge is -2.09. The van der Waals surface area contributed by atoms with Crippen LogP contribution in [-0.4, -0.2) is 16.5 Å². The van der Waals surface area contributed by atoms with E-state index in [2.05, 4.69) is 43.9 Å². The van der Waals surface area contributed by atoms with Crippen LogP contribution in [0.2, 0.25) is 5.02 Å². The van der Waals surface area contributed by atoms with Gasteiger partial charge in [0.1, 0.15) is 12.1 Å². The van der Waals surface area contributed by atoms with Gasteiger partial charge in [-0.25, -0.2) is 9.97 Å². The molecule has 1 aromatic heterocycles. The van der Waals surface area contributed by atoms with Gasteiger partial charge >= 0.3 is 0 Å². The summed E-state index contributed by atoms with van der Waals surface area (Å²) in [4.78, 5) is 8.63. The van der Waals surface area contributed by atoms with Gasteiger partial charge in [0.05, 0.1) is 5.52 Å². The number of aromatic nitrogens is 2. The number of rotatable bonds is 4. The highest BCUT2D eigenvalue weighted by molar-refractivity contribution is 14.1. The second-order valence-electron chi connectivity index (χ2n) is 4.65. The highest BCUT2D eigenvalue weighted by Crippen LogP contribution is 2.22. The van der Waals surface area contributed by atoms with Crippen molar-refractivity contribution in [2.45, 2.75) is 6.42 Å². The van der Waals surface area contributed by atoms with Crippen LogP contribution in [0.25, 0.3) is 10.9 Å². The minimum Gasteiger partial charge on any atom is -0.369 e. The summed E-state index contributed by atoms with van der Waals surface area (Å²) in [6.07, 6.45) is 2.45. The summed E-state index contributed by atoms with van der Waals surface area (Å²) < 4.78 is 1.17. The highest BCUT2D eigenvalue weighted by Gasteiger charge is 2.04. The first-order valence-electron chi connectivity index (χ1n) is 6.61. The third kappa shape index (κ3) is 3.44. The first-order chi connectivity index (χ1) is 10.2. The zero-order valence-electron chi connectivity index (χ0n) is 11.2. The zero-order chi connectivity index (χ0) is 14.7. The van der Waals surface area contributed by atoms with Crippen molar-refractivity contribution in [3.05, 3.63) is 62.9 Å². The van der Waals surface area contributed by atoms with Gasteiger partial charge in [-0.3, -0.25) is 0 Å². The number of hydrogen-bond acceptors (Lipinski definition) is 3. The van der Waals surface area contributed by atoms with Crippen molar-refractivity contribution < 1.29 is 0 Å². The topological polar surface area (TPSA) is 37.8 Å². The molecule has 0 atom stereocenters. The summed E-state index contributed by atoms with van der Waals surface area (Å²) in [6, 6.07) is 14.1. The summed E-state index contributed by atoms with van der Waals surface area (Å²) in [5.41, 5.74) is 2.09. The van der Waals surface area contributed by atoms with Gasteiger partial charge < -0.3 is 5.32 Å². The Morgan fingerprint density at radius 3 is 2.81 bits per heavy atom. The number of benzene rings is 2. The maximum atomic E-state index is 6.17. The molecule has 0 aliphatic carbocycles. The Balaban J connectivity index is 1.77. The molecule has 0 fully saturated rings. The number of nitrogens with one attached hydrogen (secondary N) is 1. The molecule has 5 heteroatoms. The summed E-state index contributed by atoms with van der Waals surface area (Å²) in [5.74, 6) is 0.866. The molecule has 0 amide bonds. The fourth-order valence-corrected chi connectivity index (χ4v) is 2.91. The van der Waals surface area contributed by atoms with E-state index >= 15 is 0 Å². The Morgan fingerprint density at radius 2 is 1.95 bits per heavy atom. The fourth-order valence-electron chi connectivity index (χ4n) is 2.19. The number of fused-ring (bicyclic) bond motifs is 1. The van der Waals surface area contributed by atoms with Crippen LogP contribution in [0.15, 0.2) is 48.8 Å². The molecule has 3 rings (SSSR count). The Bertz CT molecular complexity index is 776. The Morgan fingerprint density at radius 1 is 1.10 bits per heavy atom. The molecular formula is C16H13ClIN3. The van der Waals surface area contributed by atoms with Gasteiger partial charge in [0.15, 0.2) is 0 Å². The molecule has 1 N–H and O–H groups in total. The van der Waals surface area contributed by atoms with E-state index in [0.717, 1.165) is 40.3 Å². The molecule has 3 aromatic rings. The SMILES string of the molecule is Clc1ccccc1CCNc1ncnc2ccc(I)cc12. The standard InChI is InChI=1S/C16H13ClIN3/c17-14-4-2-1-3-11(14)7-8-19-16-13-9-12(18)5-6-15(13)20-10-21-16/h1-6,9-10H,7-8H2,(H,19,20,21). The third-order valence-electron chi connectivity index (χ3n) is 3.24. The summed E-state index contributed by atoms with van der Waals surface area (Å²) in [5, 5.41) is 5.23. The lowest BCUT2D eigenvalue weighted by atomic mass is 10.1. The number of anilines is 1. The van der Waals surface area contributed by atoms with E-state index in [1.165, 1.54) is 3.57 Å². The van der Waals surface area contributed by atoms with Crippen LogP contribution in [0, 0.1) is 3.57 Å². The van der Waals surface area contributed by atoms with E-state index in [-0.39, 0.29) is 0 Å². The van der Waals surface area contributed by atoms with Crippen LogP contribution < -0.4 is 5.32 Å². The molecule has 3 nitrogen and oxygen atoms in total. The maximum Gasteiger partial charge on any atom is 0.137 e. The molecule has 0 radical (unpaired) electrons. The van der Waals surface area contributed by atoms with Gasteiger partial charge in [-0.05, 0) is 58.8 Å². The molecule has 0 saturated carbocycles. The lowest BCUT2D eigenvalue weighted by molar-refractivity contribution is 1.01. The van der Waals surface area contributed by atoms with Crippen molar-refractivity contribution in [2.24, 2.45) is 0 Å². The Hall–Kier alpha value is -1.40. The van der Waals surface area contributed by atoms with Gasteiger partial charge in [0.25, 0.3) is 0 Å². The molecule has 1 heterocycles. The first kappa shape index (κ1) is 14.5. The monoisotopic (exact) mass is 409 g/mol. The smallest absolute Gasteiger partial charge is 0.137 e. The van der Waals surface area contributed by atoms with Gasteiger partial charge in [-0.1, -0.05) is 29.8 Å². The molecule has 106 valence electrons. The number of halogens is 2. The van der Waals surface area contributed by atoms with Gasteiger partial charge in [0, 0.05) is 20.5 Å². The van der Waals surface area contributed by atoms with E-state index in [9.17, 15) is 0 Å². The van der Waals surface area contributed by atoms with Crippen LogP contribution in [0.4, 0.5) is 5.82 Å². The minimum atomic E-state index is 0.779. The van der Waals surface area contributed by atoms with Gasteiger partial charge in [-0.15, -0.1) is 0 Å². The number of nitrogens with zero attached hydrogens (tertiary/aromatic N) is 2. The predicted octanol–water partition coefficient (Wildman–Crippen LogP) is 4.54. The molecule has 0 aliphatic heterocycles. The van der Waals surface area contributed by atoms with Gasteiger partial charge in [-0.2, -0.15) is 0 Å². The Labute approximate surface area is 141 Å². The Kier molecular flexibility index (Phi) is 4.55. The second-order valence-corrected chi connectivity index (χ2v) is 6.30. The summed E-state index contributed by atoms with van der Waals surface area (Å²) >= 11 is 8.46. The molecular weight excluding hydrogens is 397 g/mol. The van der Waals surface area contributed by atoms with Crippen molar-refractivity contribution in [2.75, 3.05) is 11.9 Å². The average molecular weight is 410 g/mol. The second kappa shape index (κ2) is 6.58. The number of hydrogen-bond donors (Lipinski definition) is 1. The summed E-state index contributed by atoms with van der Waals surface area (Å²) in [7, 11) is 0. The highest BCUT2D eigenvalue weighted by atomic mass is 127. The largest absolute Gasteiger partial charge is 0.369 e.